The van der Waals surface area contributed by atoms with Gasteiger partial charge in [-0.3, -0.25) is 9.88 Å². The predicted molar refractivity (Wildman–Crippen MR) is 74.3 cm³/mol. The van der Waals surface area contributed by atoms with E-state index in [4.69, 9.17) is 0 Å². The molecule has 0 radical (unpaired) electrons. The Labute approximate surface area is 106 Å². The second-order valence-electron chi connectivity index (χ2n) is 5.62. The number of hydrogen-bond donors (Lipinski definition) is 0. The molecule has 17 heavy (non-hydrogen) atoms. The van der Waals surface area contributed by atoms with Crippen LogP contribution in [0, 0.1) is 0 Å². The zero-order valence-electron chi connectivity index (χ0n) is 12.1. The Balaban J connectivity index is 2.99. The summed E-state index contributed by atoms with van der Waals surface area (Å²) in [5.41, 5.74) is 2.74. The lowest BCUT2D eigenvalue weighted by Crippen LogP contribution is -2.27. The van der Waals surface area contributed by atoms with E-state index in [2.05, 4.69) is 63.6 Å². The number of hydrogen-bond acceptors (Lipinski definition) is 2. The Morgan fingerprint density at radius 2 is 1.82 bits per heavy atom. The summed E-state index contributed by atoms with van der Waals surface area (Å²) >= 11 is 0. The van der Waals surface area contributed by atoms with E-state index >= 15 is 0 Å². The van der Waals surface area contributed by atoms with Crippen LogP contribution >= 0.6 is 0 Å². The Morgan fingerprint density at radius 1 is 1.24 bits per heavy atom. The van der Waals surface area contributed by atoms with Crippen molar-refractivity contribution in [1.82, 2.24) is 9.88 Å². The van der Waals surface area contributed by atoms with Crippen LogP contribution in [0.15, 0.2) is 18.3 Å². The molecule has 2 nitrogen and oxygen atoms in total. The van der Waals surface area contributed by atoms with Crippen molar-refractivity contribution in [3.8, 4) is 0 Å². The number of pyridine rings is 1. The van der Waals surface area contributed by atoms with Crippen molar-refractivity contribution in [1.29, 1.82) is 0 Å². The minimum atomic E-state index is 0.195. The summed E-state index contributed by atoms with van der Waals surface area (Å²) in [6.07, 6.45) is 1.94. The highest BCUT2D eigenvalue weighted by atomic mass is 15.1. The molecule has 0 aliphatic rings. The van der Waals surface area contributed by atoms with Gasteiger partial charge in [0.25, 0.3) is 0 Å². The third-order valence-corrected chi connectivity index (χ3v) is 3.44. The molecule has 1 heterocycles. The van der Waals surface area contributed by atoms with Gasteiger partial charge in [0.15, 0.2) is 0 Å². The standard InChI is InChI=1S/C15H26N2/c1-7-17(8-2)12(3)14-11-13(9-10-16-14)15(4,5)6/h9-12H,7-8H2,1-6H3. The Hall–Kier alpha value is -0.890. The van der Waals surface area contributed by atoms with Crippen LogP contribution in [0.4, 0.5) is 0 Å². The van der Waals surface area contributed by atoms with Gasteiger partial charge < -0.3 is 0 Å². The monoisotopic (exact) mass is 234 g/mol. The number of nitrogens with zero attached hydrogens (tertiary/aromatic N) is 2. The molecule has 96 valence electrons. The molecule has 0 saturated carbocycles. The van der Waals surface area contributed by atoms with E-state index in [1.807, 2.05) is 6.20 Å². The fourth-order valence-electron chi connectivity index (χ4n) is 2.10. The summed E-state index contributed by atoms with van der Waals surface area (Å²) in [5.74, 6) is 0. The summed E-state index contributed by atoms with van der Waals surface area (Å²) in [6, 6.07) is 4.77. The lowest BCUT2D eigenvalue weighted by molar-refractivity contribution is 0.230. The highest BCUT2D eigenvalue weighted by molar-refractivity contribution is 5.24. The molecule has 0 saturated heterocycles. The molecule has 0 aliphatic heterocycles. The van der Waals surface area contributed by atoms with Gasteiger partial charge in [-0.25, -0.2) is 0 Å². The van der Waals surface area contributed by atoms with Gasteiger partial charge in [-0.15, -0.1) is 0 Å². The first-order chi connectivity index (χ1) is 7.90. The maximum absolute atomic E-state index is 4.53. The Bertz CT molecular complexity index is 348. The van der Waals surface area contributed by atoms with Crippen LogP contribution in [0.25, 0.3) is 0 Å². The van der Waals surface area contributed by atoms with E-state index in [1.54, 1.807) is 0 Å². The van der Waals surface area contributed by atoms with Crippen molar-refractivity contribution in [2.75, 3.05) is 13.1 Å². The second kappa shape index (κ2) is 5.63. The van der Waals surface area contributed by atoms with E-state index in [9.17, 15) is 0 Å². The van der Waals surface area contributed by atoms with Crippen molar-refractivity contribution < 1.29 is 0 Å². The van der Waals surface area contributed by atoms with Gasteiger partial charge >= 0.3 is 0 Å². The topological polar surface area (TPSA) is 16.1 Å². The van der Waals surface area contributed by atoms with Crippen LogP contribution in [-0.2, 0) is 5.41 Å². The zero-order chi connectivity index (χ0) is 13.1. The molecule has 0 N–H and O–H groups in total. The molecule has 0 amide bonds. The number of rotatable bonds is 4. The van der Waals surface area contributed by atoms with Crippen molar-refractivity contribution in [2.24, 2.45) is 0 Å². The molecule has 0 spiro atoms. The first kappa shape index (κ1) is 14.2. The van der Waals surface area contributed by atoms with Crippen LogP contribution in [0.5, 0.6) is 0 Å². The normalized spacial score (nSPS) is 14.1. The SMILES string of the molecule is CCN(CC)C(C)c1cc(C(C)(C)C)ccn1. The number of aromatic nitrogens is 1. The quantitative estimate of drug-likeness (QED) is 0.788. The van der Waals surface area contributed by atoms with Gasteiger partial charge in [0, 0.05) is 12.2 Å². The molecular formula is C15H26N2. The predicted octanol–water partition coefficient (Wildman–Crippen LogP) is 3.78. The first-order valence-corrected chi connectivity index (χ1v) is 6.60. The maximum Gasteiger partial charge on any atom is 0.0575 e. The van der Waals surface area contributed by atoms with Crippen molar-refractivity contribution in [2.45, 2.75) is 53.0 Å². The summed E-state index contributed by atoms with van der Waals surface area (Å²) in [6.45, 7) is 15.5. The van der Waals surface area contributed by atoms with E-state index < -0.39 is 0 Å². The minimum Gasteiger partial charge on any atom is -0.296 e. The van der Waals surface area contributed by atoms with E-state index in [0.717, 1.165) is 13.1 Å². The van der Waals surface area contributed by atoms with Gasteiger partial charge in [-0.1, -0.05) is 34.6 Å². The van der Waals surface area contributed by atoms with Gasteiger partial charge in [0.05, 0.1) is 5.69 Å². The fraction of sp³-hybridized carbons (Fsp3) is 0.667. The first-order valence-electron chi connectivity index (χ1n) is 6.60. The smallest absolute Gasteiger partial charge is 0.0575 e. The van der Waals surface area contributed by atoms with Crippen molar-refractivity contribution in [3.63, 3.8) is 0 Å². The second-order valence-corrected chi connectivity index (χ2v) is 5.62. The molecule has 0 aliphatic carbocycles. The summed E-state index contributed by atoms with van der Waals surface area (Å²) in [7, 11) is 0. The highest BCUT2D eigenvalue weighted by Crippen LogP contribution is 2.25. The van der Waals surface area contributed by atoms with Gasteiger partial charge in [0.1, 0.15) is 0 Å². The molecule has 2 heteroatoms. The summed E-state index contributed by atoms with van der Waals surface area (Å²) in [5, 5.41) is 0. The molecule has 1 rings (SSSR count). The Kier molecular flexibility index (Phi) is 4.70. The molecule has 1 atom stereocenters. The lowest BCUT2D eigenvalue weighted by Gasteiger charge is -2.27. The van der Waals surface area contributed by atoms with E-state index in [-0.39, 0.29) is 5.41 Å². The van der Waals surface area contributed by atoms with Gasteiger partial charge in [-0.05, 0) is 43.1 Å². The Morgan fingerprint density at radius 3 is 2.29 bits per heavy atom. The van der Waals surface area contributed by atoms with Crippen LogP contribution < -0.4 is 0 Å². The fourth-order valence-corrected chi connectivity index (χ4v) is 2.10. The molecule has 0 aromatic carbocycles. The molecule has 1 aromatic heterocycles. The van der Waals surface area contributed by atoms with Crippen LogP contribution in [-0.4, -0.2) is 23.0 Å². The summed E-state index contributed by atoms with van der Waals surface area (Å²) < 4.78 is 0. The zero-order valence-corrected chi connectivity index (χ0v) is 12.1. The lowest BCUT2D eigenvalue weighted by atomic mass is 9.87. The summed E-state index contributed by atoms with van der Waals surface area (Å²) in [4.78, 5) is 6.95. The van der Waals surface area contributed by atoms with Crippen LogP contribution in [0.1, 0.15) is 58.8 Å². The average Bonchev–Trinajstić information content (AvgIpc) is 2.29. The molecular weight excluding hydrogens is 208 g/mol. The molecule has 0 fully saturated rings. The van der Waals surface area contributed by atoms with Crippen LogP contribution in [0.3, 0.4) is 0 Å². The molecule has 1 aromatic rings. The van der Waals surface area contributed by atoms with Crippen molar-refractivity contribution >= 4 is 0 Å². The van der Waals surface area contributed by atoms with Gasteiger partial charge in [0.2, 0.25) is 0 Å². The highest BCUT2D eigenvalue weighted by Gasteiger charge is 2.18. The minimum absolute atomic E-state index is 0.195. The average molecular weight is 234 g/mol. The molecule has 0 bridgehead atoms. The maximum atomic E-state index is 4.53. The van der Waals surface area contributed by atoms with Gasteiger partial charge in [-0.2, -0.15) is 0 Å². The van der Waals surface area contributed by atoms with Crippen molar-refractivity contribution in [3.05, 3.63) is 29.6 Å². The van der Waals surface area contributed by atoms with Crippen LogP contribution in [0.2, 0.25) is 0 Å². The third kappa shape index (κ3) is 3.53. The molecule has 1 unspecified atom stereocenters. The largest absolute Gasteiger partial charge is 0.296 e. The third-order valence-electron chi connectivity index (χ3n) is 3.44. The van der Waals surface area contributed by atoms with E-state index in [1.165, 1.54) is 11.3 Å². The van der Waals surface area contributed by atoms with E-state index in [0.29, 0.717) is 6.04 Å².